The van der Waals surface area contributed by atoms with Crippen LogP contribution >= 0.6 is 0 Å². The quantitative estimate of drug-likeness (QED) is 0.558. The number of hydrogen-bond acceptors (Lipinski definition) is 8. The molecule has 3 aromatic rings. The van der Waals surface area contributed by atoms with Gasteiger partial charge in [0.1, 0.15) is 17.8 Å². The van der Waals surface area contributed by atoms with Gasteiger partial charge >= 0.3 is 6.03 Å². The maximum atomic E-state index is 13.1. The highest BCUT2D eigenvalue weighted by Crippen LogP contribution is 2.30. The Morgan fingerprint density at radius 3 is 2.53 bits per heavy atom. The molecule has 0 aliphatic carbocycles. The normalized spacial score (nSPS) is 18.7. The molecule has 1 saturated heterocycles. The van der Waals surface area contributed by atoms with E-state index in [1.165, 1.54) is 24.3 Å². The van der Waals surface area contributed by atoms with Gasteiger partial charge in [-0.2, -0.15) is 4.98 Å². The number of sulfone groups is 1. The Hall–Kier alpha value is -3.73. The van der Waals surface area contributed by atoms with E-state index >= 15 is 0 Å². The van der Waals surface area contributed by atoms with Crippen molar-refractivity contribution in [3.63, 3.8) is 0 Å². The first-order valence-corrected chi connectivity index (χ1v) is 11.4. The summed E-state index contributed by atoms with van der Waals surface area (Å²) in [6.45, 7) is 1.34. The first kappa shape index (κ1) is 21.5. The van der Waals surface area contributed by atoms with Crippen molar-refractivity contribution in [2.75, 3.05) is 13.4 Å². The van der Waals surface area contributed by atoms with E-state index in [2.05, 4.69) is 15.5 Å². The van der Waals surface area contributed by atoms with Crippen LogP contribution in [0.15, 0.2) is 57.9 Å². The predicted octanol–water partition coefficient (Wildman–Crippen LogP) is 2.12. The molecule has 0 spiro atoms. The van der Waals surface area contributed by atoms with Gasteiger partial charge in [0.15, 0.2) is 9.84 Å². The van der Waals surface area contributed by atoms with Crippen molar-refractivity contribution >= 4 is 21.8 Å². The molecule has 1 unspecified atom stereocenters. The molecule has 1 fully saturated rings. The number of imide groups is 1. The topological polar surface area (TPSA) is 132 Å². The number of aromatic nitrogens is 2. The van der Waals surface area contributed by atoms with Crippen molar-refractivity contribution < 1.29 is 27.3 Å². The number of benzene rings is 2. The maximum Gasteiger partial charge on any atom is 0.325 e. The highest BCUT2D eigenvalue weighted by atomic mass is 32.2. The van der Waals surface area contributed by atoms with Crippen LogP contribution in [0.2, 0.25) is 0 Å². The average Bonchev–Trinajstić information content (AvgIpc) is 3.32. The molecule has 4 rings (SSSR count). The summed E-state index contributed by atoms with van der Waals surface area (Å²) < 4.78 is 33.8. The number of urea groups is 1. The molecule has 11 heteroatoms. The summed E-state index contributed by atoms with van der Waals surface area (Å²) in [6.07, 6.45) is 1.10. The summed E-state index contributed by atoms with van der Waals surface area (Å²) in [4.78, 5) is 31.0. The molecular weight excluding hydrogens is 436 g/mol. The Kier molecular flexibility index (Phi) is 5.21. The molecule has 1 atom stereocenters. The number of ether oxygens (including phenoxy) is 1. The van der Waals surface area contributed by atoms with Crippen molar-refractivity contribution in [3.8, 4) is 17.1 Å². The molecule has 10 nitrogen and oxygen atoms in total. The van der Waals surface area contributed by atoms with Crippen LogP contribution in [0.1, 0.15) is 18.4 Å². The Morgan fingerprint density at radius 1 is 1.16 bits per heavy atom. The van der Waals surface area contributed by atoms with Gasteiger partial charge in [-0.3, -0.25) is 9.69 Å². The molecule has 2 heterocycles. The molecule has 3 amide bonds. The van der Waals surface area contributed by atoms with E-state index in [0.717, 1.165) is 11.2 Å². The van der Waals surface area contributed by atoms with Crippen LogP contribution in [0.25, 0.3) is 11.4 Å². The van der Waals surface area contributed by atoms with Gasteiger partial charge in [-0.15, -0.1) is 0 Å². The summed E-state index contributed by atoms with van der Waals surface area (Å²) in [5, 5.41) is 6.57. The predicted molar refractivity (Wildman–Crippen MR) is 112 cm³/mol. The summed E-state index contributed by atoms with van der Waals surface area (Å²) in [6, 6.07) is 12.3. The minimum absolute atomic E-state index is 0.0861. The van der Waals surface area contributed by atoms with E-state index in [0.29, 0.717) is 22.7 Å². The SMILES string of the molecule is COc1cccc(-c2noc(CN3C(=O)NC(C)(c4ccc(S(C)(=O)=O)cc4)C3=O)n2)c1. The number of nitrogens with zero attached hydrogens (tertiary/aromatic N) is 3. The smallest absolute Gasteiger partial charge is 0.325 e. The lowest BCUT2D eigenvalue weighted by Gasteiger charge is -2.22. The second kappa shape index (κ2) is 7.75. The highest BCUT2D eigenvalue weighted by Gasteiger charge is 2.49. The second-order valence-electron chi connectivity index (χ2n) is 7.49. The number of carbonyl (C=O) groups excluding carboxylic acids is 2. The van der Waals surface area contributed by atoms with Gasteiger partial charge in [0.05, 0.1) is 12.0 Å². The summed E-state index contributed by atoms with van der Waals surface area (Å²) >= 11 is 0. The lowest BCUT2D eigenvalue weighted by molar-refractivity contribution is -0.131. The molecule has 0 bridgehead atoms. The molecule has 1 aliphatic heterocycles. The van der Waals surface area contributed by atoms with Crippen LogP contribution in [0.5, 0.6) is 5.75 Å². The molecule has 2 aromatic carbocycles. The Balaban J connectivity index is 1.55. The van der Waals surface area contributed by atoms with E-state index < -0.39 is 27.3 Å². The summed E-state index contributed by atoms with van der Waals surface area (Å²) in [5.41, 5.74) is -0.247. The van der Waals surface area contributed by atoms with E-state index in [4.69, 9.17) is 9.26 Å². The number of carbonyl (C=O) groups is 2. The van der Waals surface area contributed by atoms with E-state index in [1.54, 1.807) is 38.3 Å². The minimum atomic E-state index is -3.38. The number of amides is 3. The average molecular weight is 456 g/mol. The zero-order valence-electron chi connectivity index (χ0n) is 17.5. The molecule has 1 aliphatic rings. The molecule has 32 heavy (non-hydrogen) atoms. The second-order valence-corrected chi connectivity index (χ2v) is 9.50. The lowest BCUT2D eigenvalue weighted by Crippen LogP contribution is -2.40. The van der Waals surface area contributed by atoms with Crippen LogP contribution in [0, 0.1) is 0 Å². The number of hydrogen-bond donors (Lipinski definition) is 1. The monoisotopic (exact) mass is 456 g/mol. The van der Waals surface area contributed by atoms with E-state index in [1.807, 2.05) is 0 Å². The first-order valence-electron chi connectivity index (χ1n) is 9.53. The van der Waals surface area contributed by atoms with Crippen LogP contribution in [-0.2, 0) is 26.7 Å². The molecular formula is C21H20N4O6S. The van der Waals surface area contributed by atoms with Gasteiger partial charge in [0, 0.05) is 11.8 Å². The van der Waals surface area contributed by atoms with Crippen molar-refractivity contribution in [1.29, 1.82) is 0 Å². The van der Waals surface area contributed by atoms with Gasteiger partial charge in [-0.25, -0.2) is 13.2 Å². The van der Waals surface area contributed by atoms with Crippen LogP contribution in [0.4, 0.5) is 4.79 Å². The first-order chi connectivity index (χ1) is 15.1. The third-order valence-corrected chi connectivity index (χ3v) is 6.35. The lowest BCUT2D eigenvalue weighted by atomic mass is 9.92. The maximum absolute atomic E-state index is 13.1. The third kappa shape index (κ3) is 3.82. The van der Waals surface area contributed by atoms with Gasteiger partial charge in [0.25, 0.3) is 5.91 Å². The Bertz CT molecular complexity index is 1300. The molecule has 1 aromatic heterocycles. The number of nitrogens with one attached hydrogen (secondary N) is 1. The zero-order chi connectivity index (χ0) is 23.1. The van der Waals surface area contributed by atoms with Gasteiger partial charge < -0.3 is 14.6 Å². The standard InChI is InChI=1S/C21H20N4O6S/c1-21(14-7-9-16(10-8-14)32(3,28)29)19(26)25(20(27)23-21)12-17-22-18(24-31-17)13-5-4-6-15(11-13)30-2/h4-11H,12H2,1-3H3,(H,23,27). The Labute approximate surface area is 184 Å². The van der Waals surface area contributed by atoms with Gasteiger partial charge in [-0.05, 0) is 36.8 Å². The largest absolute Gasteiger partial charge is 0.497 e. The summed E-state index contributed by atoms with van der Waals surface area (Å²) in [7, 11) is -1.84. The van der Waals surface area contributed by atoms with Crippen molar-refractivity contribution in [1.82, 2.24) is 20.4 Å². The summed E-state index contributed by atoms with van der Waals surface area (Å²) in [5.74, 6) is 0.490. The van der Waals surface area contributed by atoms with Crippen molar-refractivity contribution in [2.45, 2.75) is 23.9 Å². The number of methoxy groups -OCH3 is 1. The van der Waals surface area contributed by atoms with Gasteiger partial charge in [0.2, 0.25) is 11.7 Å². The van der Waals surface area contributed by atoms with Gasteiger partial charge in [-0.1, -0.05) is 29.4 Å². The minimum Gasteiger partial charge on any atom is -0.497 e. The fourth-order valence-corrected chi connectivity index (χ4v) is 4.04. The molecule has 1 N–H and O–H groups in total. The van der Waals surface area contributed by atoms with Crippen LogP contribution in [0.3, 0.4) is 0 Å². The molecule has 0 saturated carbocycles. The number of rotatable bonds is 6. The fourth-order valence-electron chi connectivity index (χ4n) is 3.41. The molecule has 0 radical (unpaired) electrons. The molecule has 166 valence electrons. The fraction of sp³-hybridized carbons (Fsp3) is 0.238. The van der Waals surface area contributed by atoms with Crippen LogP contribution < -0.4 is 10.1 Å². The zero-order valence-corrected chi connectivity index (χ0v) is 18.3. The van der Waals surface area contributed by atoms with Crippen molar-refractivity contribution in [2.24, 2.45) is 0 Å². The highest BCUT2D eigenvalue weighted by molar-refractivity contribution is 7.90. The van der Waals surface area contributed by atoms with Crippen LogP contribution in [-0.4, -0.2) is 48.8 Å². The Morgan fingerprint density at radius 2 is 1.88 bits per heavy atom. The third-order valence-electron chi connectivity index (χ3n) is 5.22. The van der Waals surface area contributed by atoms with E-state index in [-0.39, 0.29) is 17.3 Å². The van der Waals surface area contributed by atoms with Crippen molar-refractivity contribution in [3.05, 3.63) is 60.0 Å². The van der Waals surface area contributed by atoms with E-state index in [9.17, 15) is 18.0 Å².